The third kappa shape index (κ3) is 3.10. The van der Waals surface area contributed by atoms with Crippen molar-refractivity contribution in [1.29, 1.82) is 0 Å². The Kier molecular flexibility index (Phi) is 4.28. The summed E-state index contributed by atoms with van der Waals surface area (Å²) in [6.45, 7) is 0. The van der Waals surface area contributed by atoms with Crippen LogP contribution in [0, 0.1) is 19.5 Å². The van der Waals surface area contributed by atoms with E-state index in [0.29, 0.717) is 5.56 Å². The van der Waals surface area contributed by atoms with E-state index in [1.54, 1.807) is 24.3 Å². The maximum atomic E-state index is 13.7. The van der Waals surface area contributed by atoms with Crippen LogP contribution in [0.3, 0.4) is 0 Å². The minimum Gasteiger partial charge on any atom is -0.319 e. The Morgan fingerprint density at radius 2 is 1.95 bits per heavy atom. The van der Waals surface area contributed by atoms with Gasteiger partial charge in [-0.15, -0.1) is 0 Å². The first kappa shape index (κ1) is 14.4. The minimum absolute atomic E-state index is 0.0970. The van der Waals surface area contributed by atoms with E-state index in [1.807, 2.05) is 22.6 Å². The van der Waals surface area contributed by atoms with E-state index in [1.165, 1.54) is 6.07 Å². The highest BCUT2D eigenvalue weighted by Crippen LogP contribution is 2.21. The number of amides is 1. The standard InChI is InChI=1S/C13H8FIN2O3/c14-10-7-8(17(19)20)5-6-12(10)16-13(18)9-3-1-2-4-11(9)15/h1-7H,(H,16,18). The van der Waals surface area contributed by atoms with Crippen LogP contribution in [-0.4, -0.2) is 10.8 Å². The molecule has 5 nitrogen and oxygen atoms in total. The number of benzene rings is 2. The first-order chi connectivity index (χ1) is 9.49. The van der Waals surface area contributed by atoms with Crippen LogP contribution in [0.4, 0.5) is 15.8 Å². The molecule has 0 heterocycles. The van der Waals surface area contributed by atoms with Gasteiger partial charge in [-0.2, -0.15) is 0 Å². The van der Waals surface area contributed by atoms with Gasteiger partial charge in [0, 0.05) is 9.64 Å². The van der Waals surface area contributed by atoms with Gasteiger partial charge in [0.25, 0.3) is 11.6 Å². The second-order valence-electron chi connectivity index (χ2n) is 3.86. The van der Waals surface area contributed by atoms with Crippen molar-refractivity contribution < 1.29 is 14.1 Å². The zero-order valence-electron chi connectivity index (χ0n) is 9.97. The molecular weight excluding hydrogens is 378 g/mol. The number of hydrogen-bond donors (Lipinski definition) is 1. The largest absolute Gasteiger partial charge is 0.319 e. The Bertz CT molecular complexity index is 691. The molecule has 0 aliphatic heterocycles. The van der Waals surface area contributed by atoms with Crippen LogP contribution in [-0.2, 0) is 0 Å². The summed E-state index contributed by atoms with van der Waals surface area (Å²) in [5.41, 5.74) is -0.0547. The molecule has 20 heavy (non-hydrogen) atoms. The van der Waals surface area contributed by atoms with Crippen molar-refractivity contribution in [3.63, 3.8) is 0 Å². The molecule has 0 fully saturated rings. The lowest BCUT2D eigenvalue weighted by Crippen LogP contribution is -2.14. The fraction of sp³-hybridized carbons (Fsp3) is 0. The molecule has 0 aliphatic rings. The normalized spacial score (nSPS) is 10.1. The highest BCUT2D eigenvalue weighted by molar-refractivity contribution is 14.1. The van der Waals surface area contributed by atoms with Gasteiger partial charge in [-0.25, -0.2) is 4.39 Å². The van der Waals surface area contributed by atoms with E-state index in [-0.39, 0.29) is 11.4 Å². The Morgan fingerprint density at radius 3 is 2.55 bits per heavy atom. The number of nitrogens with zero attached hydrogens (tertiary/aromatic N) is 1. The molecule has 0 unspecified atom stereocenters. The quantitative estimate of drug-likeness (QED) is 0.498. The highest BCUT2D eigenvalue weighted by Gasteiger charge is 2.14. The average Bonchev–Trinajstić information content (AvgIpc) is 2.41. The highest BCUT2D eigenvalue weighted by atomic mass is 127. The van der Waals surface area contributed by atoms with E-state index < -0.39 is 16.6 Å². The number of non-ortho nitro benzene ring substituents is 1. The van der Waals surface area contributed by atoms with Crippen molar-refractivity contribution in [2.45, 2.75) is 0 Å². The molecule has 1 N–H and O–H groups in total. The van der Waals surface area contributed by atoms with Gasteiger partial charge < -0.3 is 5.32 Å². The lowest BCUT2D eigenvalue weighted by Gasteiger charge is -2.07. The summed E-state index contributed by atoms with van der Waals surface area (Å²) in [6, 6.07) is 9.91. The second kappa shape index (κ2) is 5.95. The topological polar surface area (TPSA) is 72.2 Å². The maximum Gasteiger partial charge on any atom is 0.272 e. The van der Waals surface area contributed by atoms with Gasteiger partial charge in [0.1, 0.15) is 0 Å². The van der Waals surface area contributed by atoms with Gasteiger partial charge in [-0.3, -0.25) is 14.9 Å². The molecule has 0 radical (unpaired) electrons. The van der Waals surface area contributed by atoms with Crippen molar-refractivity contribution in [2.75, 3.05) is 5.32 Å². The van der Waals surface area contributed by atoms with Crippen LogP contribution < -0.4 is 5.32 Å². The zero-order chi connectivity index (χ0) is 14.7. The fourth-order valence-corrected chi connectivity index (χ4v) is 2.19. The number of nitrogens with one attached hydrogen (secondary N) is 1. The smallest absolute Gasteiger partial charge is 0.272 e. The van der Waals surface area contributed by atoms with Crippen LogP contribution in [0.1, 0.15) is 10.4 Å². The minimum atomic E-state index is -0.849. The van der Waals surface area contributed by atoms with Crippen molar-refractivity contribution in [3.8, 4) is 0 Å². The summed E-state index contributed by atoms with van der Waals surface area (Å²) in [5.74, 6) is -1.32. The summed E-state index contributed by atoms with van der Waals surface area (Å²) >= 11 is 2.00. The van der Waals surface area contributed by atoms with Crippen molar-refractivity contribution in [2.24, 2.45) is 0 Å². The third-order valence-electron chi connectivity index (χ3n) is 2.53. The van der Waals surface area contributed by atoms with Crippen molar-refractivity contribution >= 4 is 39.9 Å². The molecule has 0 bridgehead atoms. The summed E-state index contributed by atoms with van der Waals surface area (Å²) < 4.78 is 14.4. The molecule has 1 amide bonds. The molecule has 102 valence electrons. The summed E-state index contributed by atoms with van der Waals surface area (Å²) in [6.07, 6.45) is 0. The number of carbonyl (C=O) groups excluding carboxylic acids is 1. The predicted molar refractivity (Wildman–Crippen MR) is 80.2 cm³/mol. The van der Waals surface area contributed by atoms with Gasteiger partial charge in [-0.1, -0.05) is 12.1 Å². The van der Waals surface area contributed by atoms with E-state index in [9.17, 15) is 19.3 Å². The molecule has 0 aliphatic carbocycles. The number of halogens is 2. The third-order valence-corrected chi connectivity index (χ3v) is 3.47. The van der Waals surface area contributed by atoms with E-state index in [0.717, 1.165) is 15.7 Å². The molecule has 2 rings (SSSR count). The van der Waals surface area contributed by atoms with Crippen LogP contribution in [0.2, 0.25) is 0 Å². The molecular formula is C13H8FIN2O3. The molecule has 0 spiro atoms. The number of nitro groups is 1. The molecule has 2 aromatic carbocycles. The van der Waals surface area contributed by atoms with Crippen LogP contribution in [0.25, 0.3) is 0 Å². The Morgan fingerprint density at radius 1 is 1.25 bits per heavy atom. The Hall–Kier alpha value is -2.03. The van der Waals surface area contributed by atoms with Crippen molar-refractivity contribution in [1.82, 2.24) is 0 Å². The Labute approximate surface area is 127 Å². The van der Waals surface area contributed by atoms with Crippen molar-refractivity contribution in [3.05, 3.63) is 67.5 Å². The van der Waals surface area contributed by atoms with Crippen LogP contribution in [0.5, 0.6) is 0 Å². The average molecular weight is 386 g/mol. The first-order valence-electron chi connectivity index (χ1n) is 5.49. The second-order valence-corrected chi connectivity index (χ2v) is 5.02. The first-order valence-corrected chi connectivity index (χ1v) is 6.56. The molecule has 7 heteroatoms. The van der Waals surface area contributed by atoms with E-state index >= 15 is 0 Å². The van der Waals surface area contributed by atoms with Crippen LogP contribution in [0.15, 0.2) is 42.5 Å². The summed E-state index contributed by atoms with van der Waals surface area (Å²) in [7, 11) is 0. The monoisotopic (exact) mass is 386 g/mol. The summed E-state index contributed by atoms with van der Waals surface area (Å²) in [4.78, 5) is 21.8. The van der Waals surface area contributed by atoms with Gasteiger partial charge in [0.05, 0.1) is 22.2 Å². The number of hydrogen-bond acceptors (Lipinski definition) is 3. The molecule has 2 aromatic rings. The van der Waals surface area contributed by atoms with Gasteiger partial charge in [0.15, 0.2) is 5.82 Å². The number of nitro benzene ring substituents is 1. The van der Waals surface area contributed by atoms with Gasteiger partial charge >= 0.3 is 0 Å². The predicted octanol–water partition coefficient (Wildman–Crippen LogP) is 3.59. The number of rotatable bonds is 3. The molecule has 0 saturated carbocycles. The molecule has 0 atom stereocenters. The lowest BCUT2D eigenvalue weighted by molar-refractivity contribution is -0.385. The molecule has 0 aromatic heterocycles. The SMILES string of the molecule is O=C(Nc1ccc([N+](=O)[O-])cc1F)c1ccccc1I. The van der Waals surface area contributed by atoms with Crippen LogP contribution >= 0.6 is 22.6 Å². The summed E-state index contributed by atoms with van der Waals surface area (Å²) in [5, 5.41) is 12.9. The van der Waals surface area contributed by atoms with Gasteiger partial charge in [-0.05, 0) is 40.8 Å². The van der Waals surface area contributed by atoms with Gasteiger partial charge in [0.2, 0.25) is 0 Å². The Balaban J connectivity index is 2.25. The molecule has 0 saturated heterocycles. The lowest BCUT2D eigenvalue weighted by atomic mass is 10.2. The van der Waals surface area contributed by atoms with E-state index in [2.05, 4.69) is 5.32 Å². The number of anilines is 1. The maximum absolute atomic E-state index is 13.7. The number of carbonyl (C=O) groups is 1. The fourth-order valence-electron chi connectivity index (χ4n) is 1.55. The van der Waals surface area contributed by atoms with E-state index in [4.69, 9.17) is 0 Å². The zero-order valence-corrected chi connectivity index (χ0v) is 12.1.